The zero-order chi connectivity index (χ0) is 17.5. The first-order valence-electron chi connectivity index (χ1n) is 10.8. The van der Waals surface area contributed by atoms with Crippen LogP contribution >= 0.6 is 8.81 Å². The molecule has 144 valence electrons. The molecule has 0 spiro atoms. The topological polar surface area (TPSA) is 35.5 Å². The zero-order valence-electron chi connectivity index (χ0n) is 16.1. The Morgan fingerprint density at radius 3 is 1.40 bits per heavy atom. The molecule has 0 radical (unpaired) electrons. The number of ether oxygens (including phenoxy) is 1. The summed E-state index contributed by atoms with van der Waals surface area (Å²) in [5.74, 6) is 2.28. The summed E-state index contributed by atoms with van der Waals surface area (Å²) >= 11 is 0. The summed E-state index contributed by atoms with van der Waals surface area (Å²) in [7, 11) is 1.74. The molecule has 0 aromatic carbocycles. The van der Waals surface area contributed by atoms with E-state index >= 15 is 0 Å². The van der Waals surface area contributed by atoms with Gasteiger partial charge in [-0.25, -0.2) is 4.79 Å². The largest absolute Gasteiger partial charge is 0.510 e. The van der Waals surface area contributed by atoms with E-state index < -0.39 is 6.16 Å². The fraction of sp³-hybridized carbons (Fsp3) is 0.952. The van der Waals surface area contributed by atoms with Gasteiger partial charge in [0, 0.05) is 5.16 Å². The van der Waals surface area contributed by atoms with E-state index in [4.69, 9.17) is 9.26 Å². The Hall–Kier alpha value is -0.300. The van der Waals surface area contributed by atoms with Crippen molar-refractivity contribution in [1.29, 1.82) is 0 Å². The van der Waals surface area contributed by atoms with Gasteiger partial charge in [0.1, 0.15) is 0 Å². The van der Waals surface area contributed by atoms with Crippen LogP contribution in [-0.2, 0) is 9.26 Å². The Morgan fingerprint density at radius 1 is 0.720 bits per heavy atom. The van der Waals surface area contributed by atoms with Crippen LogP contribution in [0.1, 0.15) is 96.3 Å². The maximum atomic E-state index is 11.9. The van der Waals surface area contributed by atoms with Gasteiger partial charge in [-0.2, -0.15) is 0 Å². The molecule has 4 heteroatoms. The minimum Gasteiger partial charge on any atom is -0.437 e. The van der Waals surface area contributed by atoms with Crippen LogP contribution in [0.15, 0.2) is 0 Å². The lowest BCUT2D eigenvalue weighted by molar-refractivity contribution is 0.0830. The second-order valence-corrected chi connectivity index (χ2v) is 9.87. The van der Waals surface area contributed by atoms with Gasteiger partial charge in [-0.1, -0.05) is 57.8 Å². The second-order valence-electron chi connectivity index (χ2n) is 8.60. The van der Waals surface area contributed by atoms with Gasteiger partial charge < -0.3 is 9.26 Å². The Morgan fingerprint density at radius 2 is 1.08 bits per heavy atom. The van der Waals surface area contributed by atoms with Crippen LogP contribution in [0.4, 0.5) is 4.79 Å². The number of hydrogen-bond donors (Lipinski definition) is 0. The fourth-order valence-corrected chi connectivity index (χ4v) is 7.87. The molecule has 3 aliphatic carbocycles. The van der Waals surface area contributed by atoms with Gasteiger partial charge in [0.25, 0.3) is 0 Å². The molecule has 25 heavy (non-hydrogen) atoms. The first kappa shape index (κ1) is 19.5. The molecule has 3 rings (SSSR count). The maximum absolute atomic E-state index is 11.9. The zero-order valence-corrected chi connectivity index (χ0v) is 17.1. The first-order valence-corrected chi connectivity index (χ1v) is 11.7. The Balaban J connectivity index is 1.89. The number of methoxy groups -OCH3 is 1. The number of carbonyl (C=O) groups is 1. The minimum absolute atomic E-state index is 0.245. The van der Waals surface area contributed by atoms with Crippen molar-refractivity contribution in [2.24, 2.45) is 17.8 Å². The van der Waals surface area contributed by atoms with Crippen molar-refractivity contribution < 1.29 is 14.1 Å². The predicted molar refractivity (Wildman–Crippen MR) is 104 cm³/mol. The van der Waals surface area contributed by atoms with Crippen molar-refractivity contribution in [3.63, 3.8) is 0 Å². The van der Waals surface area contributed by atoms with E-state index in [1.54, 1.807) is 0 Å². The molecule has 0 aliphatic heterocycles. The van der Waals surface area contributed by atoms with Gasteiger partial charge in [-0.15, -0.1) is 0 Å². The molecule has 0 amide bonds. The smallest absolute Gasteiger partial charge is 0.437 e. The first-order chi connectivity index (χ1) is 12.3. The standard InChI is InChI=1S/C21H37O3P/c1-23-20(22)24-25-21(17-11-5-2-6-12-17,18-13-7-3-8-14-18)19-15-9-4-10-16-19/h17-19,25H,2-16H2,1H3. The van der Waals surface area contributed by atoms with Crippen molar-refractivity contribution >= 4 is 15.0 Å². The van der Waals surface area contributed by atoms with Crippen molar-refractivity contribution in [3.8, 4) is 0 Å². The molecule has 3 saturated carbocycles. The lowest BCUT2D eigenvalue weighted by Crippen LogP contribution is -2.50. The minimum atomic E-state index is -0.467. The van der Waals surface area contributed by atoms with E-state index in [1.165, 1.54) is 103 Å². The average Bonchev–Trinajstić information content (AvgIpc) is 2.71. The number of carbonyl (C=O) groups excluding carboxylic acids is 1. The Bertz CT molecular complexity index is 362. The van der Waals surface area contributed by atoms with Gasteiger partial charge >= 0.3 is 6.16 Å². The van der Waals surface area contributed by atoms with Crippen molar-refractivity contribution in [3.05, 3.63) is 0 Å². The second kappa shape index (κ2) is 9.58. The van der Waals surface area contributed by atoms with Crippen molar-refractivity contribution in [2.75, 3.05) is 7.11 Å². The van der Waals surface area contributed by atoms with Crippen LogP contribution in [0.3, 0.4) is 0 Å². The third-order valence-electron chi connectivity index (χ3n) is 7.32. The molecule has 1 atom stereocenters. The van der Waals surface area contributed by atoms with Gasteiger partial charge in [0.15, 0.2) is 0 Å². The highest BCUT2D eigenvalue weighted by molar-refractivity contribution is 7.35. The van der Waals surface area contributed by atoms with E-state index in [9.17, 15) is 4.79 Å². The lowest BCUT2D eigenvalue weighted by atomic mass is 9.61. The molecule has 0 aromatic rings. The van der Waals surface area contributed by atoms with Gasteiger partial charge in [0.2, 0.25) is 0 Å². The van der Waals surface area contributed by atoms with E-state index in [1.807, 2.05) is 0 Å². The molecule has 3 fully saturated rings. The van der Waals surface area contributed by atoms with E-state index in [2.05, 4.69) is 0 Å². The lowest BCUT2D eigenvalue weighted by Gasteiger charge is -2.53. The molecule has 3 aliphatic rings. The fourth-order valence-electron chi connectivity index (χ4n) is 6.16. The summed E-state index contributed by atoms with van der Waals surface area (Å²) in [6, 6.07) is 0. The maximum Gasteiger partial charge on any atom is 0.510 e. The van der Waals surface area contributed by atoms with Crippen LogP contribution in [0.5, 0.6) is 0 Å². The summed E-state index contributed by atoms with van der Waals surface area (Å²) in [6.07, 6.45) is 20.0. The number of rotatable bonds is 5. The van der Waals surface area contributed by atoms with Crippen molar-refractivity contribution in [1.82, 2.24) is 0 Å². The third-order valence-corrected chi connectivity index (χ3v) is 9.17. The van der Waals surface area contributed by atoms with Gasteiger partial charge in [0.05, 0.1) is 15.9 Å². The molecule has 0 bridgehead atoms. The normalized spacial score (nSPS) is 25.3. The SMILES string of the molecule is COC(=O)OPC(C1CCCCC1)(C1CCCCC1)C1CCCCC1. The highest BCUT2D eigenvalue weighted by Crippen LogP contribution is 2.60. The molecule has 1 unspecified atom stereocenters. The van der Waals surface area contributed by atoms with Crippen LogP contribution in [0.25, 0.3) is 0 Å². The summed E-state index contributed by atoms with van der Waals surface area (Å²) in [6.45, 7) is 0. The van der Waals surface area contributed by atoms with Crippen LogP contribution in [-0.4, -0.2) is 18.4 Å². The molecular weight excluding hydrogens is 331 g/mol. The van der Waals surface area contributed by atoms with E-state index in [0.717, 1.165) is 17.8 Å². The summed E-state index contributed by atoms with van der Waals surface area (Å²) < 4.78 is 10.6. The predicted octanol–water partition coefficient (Wildman–Crippen LogP) is 6.84. The number of hydrogen-bond acceptors (Lipinski definition) is 3. The van der Waals surface area contributed by atoms with E-state index in [-0.39, 0.29) is 5.16 Å². The summed E-state index contributed by atoms with van der Waals surface area (Å²) in [5.41, 5.74) is 0. The molecule has 0 saturated heterocycles. The molecule has 0 aromatic heterocycles. The van der Waals surface area contributed by atoms with Crippen LogP contribution in [0, 0.1) is 17.8 Å². The average molecular weight is 368 g/mol. The molecule has 0 heterocycles. The quantitative estimate of drug-likeness (QED) is 0.393. The molecule has 0 N–H and O–H groups in total. The molecule has 3 nitrogen and oxygen atoms in total. The highest BCUT2D eigenvalue weighted by atomic mass is 31.1. The Labute approximate surface area is 155 Å². The van der Waals surface area contributed by atoms with E-state index in [0.29, 0.717) is 8.81 Å². The highest BCUT2D eigenvalue weighted by Gasteiger charge is 2.52. The third kappa shape index (κ3) is 4.52. The summed E-state index contributed by atoms with van der Waals surface area (Å²) in [4.78, 5) is 11.9. The van der Waals surface area contributed by atoms with Crippen LogP contribution < -0.4 is 0 Å². The Kier molecular flexibility index (Phi) is 7.46. The van der Waals surface area contributed by atoms with Crippen molar-refractivity contribution in [2.45, 2.75) is 101 Å². The van der Waals surface area contributed by atoms with Crippen LogP contribution in [0.2, 0.25) is 0 Å². The monoisotopic (exact) mass is 368 g/mol. The molecular formula is C21H37O3P. The van der Waals surface area contributed by atoms with Gasteiger partial charge in [-0.3, -0.25) is 0 Å². The van der Waals surface area contributed by atoms with Gasteiger partial charge in [-0.05, 0) is 56.3 Å². The summed E-state index contributed by atoms with van der Waals surface area (Å²) in [5, 5.41) is 0.245.